The molecule has 0 radical (unpaired) electrons. The summed E-state index contributed by atoms with van der Waals surface area (Å²) in [6.07, 6.45) is 2.40. The van der Waals surface area contributed by atoms with E-state index in [1.165, 1.54) is 0 Å². The van der Waals surface area contributed by atoms with Crippen LogP contribution in [0, 0.1) is 0 Å². The summed E-state index contributed by atoms with van der Waals surface area (Å²) in [7, 11) is 1.77. The maximum atomic E-state index is 12.0. The normalized spacial score (nSPS) is 13.8. The summed E-state index contributed by atoms with van der Waals surface area (Å²) in [6, 6.07) is 9.61. The zero-order chi connectivity index (χ0) is 14.4. The van der Waals surface area contributed by atoms with Crippen LogP contribution in [0.15, 0.2) is 46.2 Å². The van der Waals surface area contributed by atoms with Crippen molar-refractivity contribution < 1.29 is 4.79 Å². The fourth-order valence-electron chi connectivity index (χ4n) is 2.10. The van der Waals surface area contributed by atoms with E-state index < -0.39 is 5.54 Å². The zero-order valence-corrected chi connectivity index (χ0v) is 12.8. The van der Waals surface area contributed by atoms with E-state index in [1.807, 2.05) is 35.7 Å². The molecule has 1 aromatic heterocycles. The van der Waals surface area contributed by atoms with E-state index in [2.05, 4.69) is 10.3 Å². The lowest BCUT2D eigenvalue weighted by molar-refractivity contribution is -0.124. The Bertz CT molecular complexity index is 545. The lowest BCUT2D eigenvalue weighted by atomic mass is 9.86. The average Bonchev–Trinajstić information content (AvgIpc) is 2.97. The molecule has 2 rings (SSSR count). The third-order valence-electron chi connectivity index (χ3n) is 3.23. The SMILES string of the molecule is CNC(CCSc1nccs1)(C(N)=O)c1ccccc1. The van der Waals surface area contributed by atoms with Crippen molar-refractivity contribution in [3.63, 3.8) is 0 Å². The van der Waals surface area contributed by atoms with Crippen molar-refractivity contribution in [3.05, 3.63) is 47.5 Å². The van der Waals surface area contributed by atoms with Gasteiger partial charge in [-0.3, -0.25) is 4.79 Å². The number of likely N-dealkylation sites (N-methyl/N-ethyl adjacent to an activating group) is 1. The number of carbonyl (C=O) groups excluding carboxylic acids is 1. The van der Waals surface area contributed by atoms with Gasteiger partial charge in [0, 0.05) is 17.3 Å². The summed E-state index contributed by atoms with van der Waals surface area (Å²) in [6.45, 7) is 0. The molecule has 1 atom stereocenters. The van der Waals surface area contributed by atoms with Crippen molar-refractivity contribution in [1.29, 1.82) is 0 Å². The third kappa shape index (κ3) is 3.20. The lowest BCUT2D eigenvalue weighted by Gasteiger charge is -2.30. The average molecular weight is 307 g/mol. The summed E-state index contributed by atoms with van der Waals surface area (Å²) in [5.41, 5.74) is 5.72. The van der Waals surface area contributed by atoms with Crippen LogP contribution >= 0.6 is 23.1 Å². The van der Waals surface area contributed by atoms with E-state index in [1.54, 1.807) is 36.3 Å². The Morgan fingerprint density at radius 3 is 2.75 bits per heavy atom. The van der Waals surface area contributed by atoms with E-state index in [-0.39, 0.29) is 5.91 Å². The van der Waals surface area contributed by atoms with Gasteiger partial charge in [-0.1, -0.05) is 42.1 Å². The first-order chi connectivity index (χ1) is 9.69. The van der Waals surface area contributed by atoms with Gasteiger partial charge >= 0.3 is 0 Å². The molecule has 106 valence electrons. The molecule has 1 heterocycles. The van der Waals surface area contributed by atoms with Crippen molar-refractivity contribution in [2.75, 3.05) is 12.8 Å². The molecule has 1 unspecified atom stereocenters. The second kappa shape index (κ2) is 6.88. The highest BCUT2D eigenvalue weighted by Gasteiger charge is 2.36. The minimum Gasteiger partial charge on any atom is -0.368 e. The summed E-state index contributed by atoms with van der Waals surface area (Å²) in [5, 5.41) is 5.05. The Labute approximate surface area is 126 Å². The van der Waals surface area contributed by atoms with E-state index in [9.17, 15) is 4.79 Å². The third-order valence-corrected chi connectivity index (χ3v) is 5.19. The highest BCUT2D eigenvalue weighted by Crippen LogP contribution is 2.29. The fourth-order valence-corrected chi connectivity index (χ4v) is 3.87. The van der Waals surface area contributed by atoms with Crippen LogP contribution in [0.3, 0.4) is 0 Å². The Kier molecular flexibility index (Phi) is 5.17. The Balaban J connectivity index is 2.13. The Hall–Kier alpha value is -1.37. The monoisotopic (exact) mass is 307 g/mol. The topological polar surface area (TPSA) is 68.0 Å². The number of amides is 1. The molecule has 0 fully saturated rings. The molecule has 0 aliphatic rings. The molecule has 1 aromatic carbocycles. The van der Waals surface area contributed by atoms with Gasteiger partial charge in [0.2, 0.25) is 5.91 Å². The fraction of sp³-hybridized carbons (Fsp3) is 0.286. The van der Waals surface area contributed by atoms with Crippen molar-refractivity contribution in [2.45, 2.75) is 16.3 Å². The molecule has 3 N–H and O–H groups in total. The van der Waals surface area contributed by atoms with Crippen LogP contribution in [-0.4, -0.2) is 23.7 Å². The van der Waals surface area contributed by atoms with Gasteiger partial charge < -0.3 is 11.1 Å². The molecule has 0 bridgehead atoms. The summed E-state index contributed by atoms with van der Waals surface area (Å²) >= 11 is 3.24. The summed E-state index contributed by atoms with van der Waals surface area (Å²) < 4.78 is 1.01. The van der Waals surface area contributed by atoms with Gasteiger partial charge in [-0.25, -0.2) is 4.98 Å². The van der Waals surface area contributed by atoms with Gasteiger partial charge in [-0.2, -0.15) is 0 Å². The molecule has 4 nitrogen and oxygen atoms in total. The van der Waals surface area contributed by atoms with E-state index in [0.29, 0.717) is 6.42 Å². The van der Waals surface area contributed by atoms with Crippen molar-refractivity contribution in [2.24, 2.45) is 5.73 Å². The van der Waals surface area contributed by atoms with Gasteiger partial charge in [0.05, 0.1) is 0 Å². The predicted octanol–water partition coefficient (Wildman–Crippen LogP) is 2.23. The number of benzene rings is 1. The number of nitrogens with two attached hydrogens (primary N) is 1. The van der Waals surface area contributed by atoms with Crippen molar-refractivity contribution in [1.82, 2.24) is 10.3 Å². The molecule has 0 spiro atoms. The largest absolute Gasteiger partial charge is 0.368 e. The first-order valence-corrected chi connectivity index (χ1v) is 8.12. The number of carbonyl (C=O) groups is 1. The number of aromatic nitrogens is 1. The summed E-state index contributed by atoms with van der Waals surface area (Å²) in [4.78, 5) is 16.2. The highest BCUT2D eigenvalue weighted by molar-refractivity contribution is 8.00. The van der Waals surface area contributed by atoms with Crippen LogP contribution in [-0.2, 0) is 10.3 Å². The smallest absolute Gasteiger partial charge is 0.242 e. The first kappa shape index (κ1) is 15.0. The minimum atomic E-state index is -0.828. The van der Waals surface area contributed by atoms with Crippen LogP contribution in [0.5, 0.6) is 0 Å². The van der Waals surface area contributed by atoms with Crippen LogP contribution < -0.4 is 11.1 Å². The molecule has 20 heavy (non-hydrogen) atoms. The number of hydrogen-bond acceptors (Lipinski definition) is 5. The minimum absolute atomic E-state index is 0.356. The molecule has 2 aromatic rings. The number of nitrogens with zero attached hydrogens (tertiary/aromatic N) is 1. The molecule has 0 saturated carbocycles. The standard InChI is InChI=1S/C14H17N3OS2/c1-16-14(12(15)18,11-5-3-2-4-6-11)7-9-19-13-17-8-10-20-13/h2-6,8,10,16H,7,9H2,1H3,(H2,15,18). The maximum Gasteiger partial charge on any atom is 0.242 e. The van der Waals surface area contributed by atoms with Gasteiger partial charge in [0.15, 0.2) is 0 Å². The second-order valence-corrected chi connectivity index (χ2v) is 6.52. The molecule has 6 heteroatoms. The maximum absolute atomic E-state index is 12.0. The number of nitrogens with one attached hydrogen (secondary N) is 1. The Morgan fingerprint density at radius 1 is 1.45 bits per heavy atom. The summed E-state index contributed by atoms with van der Waals surface area (Å²) in [5.74, 6) is 0.414. The lowest BCUT2D eigenvalue weighted by Crippen LogP contribution is -2.51. The van der Waals surface area contributed by atoms with Crippen LogP contribution in [0.2, 0.25) is 0 Å². The predicted molar refractivity (Wildman–Crippen MR) is 83.8 cm³/mol. The number of rotatable bonds is 7. The van der Waals surface area contributed by atoms with Gasteiger partial charge in [0.1, 0.15) is 9.88 Å². The van der Waals surface area contributed by atoms with Crippen LogP contribution in [0.25, 0.3) is 0 Å². The van der Waals surface area contributed by atoms with Gasteiger partial charge in [-0.15, -0.1) is 11.3 Å². The van der Waals surface area contributed by atoms with Gasteiger partial charge in [0.25, 0.3) is 0 Å². The number of thioether (sulfide) groups is 1. The van der Waals surface area contributed by atoms with E-state index in [4.69, 9.17) is 5.73 Å². The highest BCUT2D eigenvalue weighted by atomic mass is 32.2. The van der Waals surface area contributed by atoms with Crippen molar-refractivity contribution >= 4 is 29.0 Å². The van der Waals surface area contributed by atoms with Crippen LogP contribution in [0.4, 0.5) is 0 Å². The quantitative estimate of drug-likeness (QED) is 0.770. The molecular weight excluding hydrogens is 290 g/mol. The van der Waals surface area contributed by atoms with E-state index in [0.717, 1.165) is 15.7 Å². The number of hydrogen-bond donors (Lipinski definition) is 2. The molecular formula is C14H17N3OS2. The van der Waals surface area contributed by atoms with Crippen LogP contribution in [0.1, 0.15) is 12.0 Å². The number of primary amides is 1. The Morgan fingerprint density at radius 2 is 2.20 bits per heavy atom. The second-order valence-electron chi connectivity index (χ2n) is 4.28. The first-order valence-electron chi connectivity index (χ1n) is 6.25. The van der Waals surface area contributed by atoms with Gasteiger partial charge in [-0.05, 0) is 19.0 Å². The molecule has 1 amide bonds. The van der Waals surface area contributed by atoms with Crippen molar-refractivity contribution in [3.8, 4) is 0 Å². The molecule has 0 aliphatic carbocycles. The molecule has 0 aliphatic heterocycles. The number of thiazole rings is 1. The van der Waals surface area contributed by atoms with E-state index >= 15 is 0 Å². The zero-order valence-electron chi connectivity index (χ0n) is 11.2. The molecule has 0 saturated heterocycles.